The van der Waals surface area contributed by atoms with Crippen LogP contribution in [-0.2, 0) is 27.9 Å². The summed E-state index contributed by atoms with van der Waals surface area (Å²) in [4.78, 5) is 75.7. The van der Waals surface area contributed by atoms with Crippen LogP contribution >= 0.6 is 0 Å². The summed E-state index contributed by atoms with van der Waals surface area (Å²) in [5.41, 5.74) is 4.93. The number of imide groups is 1. The van der Waals surface area contributed by atoms with Crippen molar-refractivity contribution >= 4 is 35.1 Å². The monoisotopic (exact) mass is 490 g/mol. The van der Waals surface area contributed by atoms with Crippen molar-refractivity contribution in [3.63, 3.8) is 0 Å². The third-order valence-electron chi connectivity index (χ3n) is 5.77. The van der Waals surface area contributed by atoms with Crippen LogP contribution in [-0.4, -0.2) is 39.3 Å². The second-order valence-electron chi connectivity index (χ2n) is 8.15. The van der Waals surface area contributed by atoms with E-state index in [1.165, 1.54) is 31.3 Å². The van der Waals surface area contributed by atoms with Crippen LogP contribution in [0, 0.1) is 0 Å². The van der Waals surface area contributed by atoms with E-state index in [-0.39, 0.29) is 48.3 Å². The van der Waals surface area contributed by atoms with E-state index in [9.17, 15) is 28.8 Å². The Bertz CT molecular complexity index is 1490. The van der Waals surface area contributed by atoms with Crippen LogP contribution in [0.2, 0.25) is 0 Å². The van der Waals surface area contributed by atoms with Crippen molar-refractivity contribution in [3.8, 4) is 0 Å². The van der Waals surface area contributed by atoms with Gasteiger partial charge in [-0.25, -0.2) is 9.59 Å². The number of hydrogen-bond donors (Lipinski definition) is 1. The van der Waals surface area contributed by atoms with Crippen LogP contribution in [0.3, 0.4) is 0 Å². The number of nitrogens with zero attached hydrogens (tertiary/aromatic N) is 3. The molecule has 11 nitrogen and oxygen atoms in total. The maximum Gasteiger partial charge on any atom is 0.338 e. The summed E-state index contributed by atoms with van der Waals surface area (Å²) in [5.74, 6) is -2.88. The second kappa shape index (κ2) is 9.82. The minimum atomic E-state index is -0.907. The van der Waals surface area contributed by atoms with E-state index in [4.69, 9.17) is 10.5 Å². The maximum atomic E-state index is 12.9. The molecule has 2 amide bonds. The fourth-order valence-electron chi connectivity index (χ4n) is 3.89. The predicted molar refractivity (Wildman–Crippen MR) is 129 cm³/mol. The number of esters is 1. The summed E-state index contributed by atoms with van der Waals surface area (Å²) in [6.45, 7) is -0.784. The second-order valence-corrected chi connectivity index (χ2v) is 8.15. The maximum absolute atomic E-state index is 12.9. The lowest BCUT2D eigenvalue weighted by atomic mass is 10.1. The Hall–Kier alpha value is -4.80. The van der Waals surface area contributed by atoms with Gasteiger partial charge in [0.1, 0.15) is 11.4 Å². The number of anilines is 2. The first-order chi connectivity index (χ1) is 17.2. The number of aromatic nitrogens is 2. The number of rotatable bonds is 7. The number of carbonyl (C=O) groups is 4. The Morgan fingerprint density at radius 3 is 2.28 bits per heavy atom. The van der Waals surface area contributed by atoms with Crippen LogP contribution in [0.4, 0.5) is 11.5 Å². The first-order valence-electron chi connectivity index (χ1n) is 11.0. The zero-order valence-electron chi connectivity index (χ0n) is 19.3. The van der Waals surface area contributed by atoms with Gasteiger partial charge in [0.15, 0.2) is 6.61 Å². The number of nitrogens with two attached hydrogens (primary N) is 1. The average Bonchev–Trinajstić information content (AvgIpc) is 3.22. The van der Waals surface area contributed by atoms with Crippen molar-refractivity contribution in [3.05, 3.63) is 92.1 Å². The lowest BCUT2D eigenvalue weighted by Gasteiger charge is -2.15. The van der Waals surface area contributed by atoms with Crippen molar-refractivity contribution in [2.45, 2.75) is 19.4 Å². The molecule has 3 aromatic rings. The van der Waals surface area contributed by atoms with E-state index < -0.39 is 35.2 Å². The zero-order valence-corrected chi connectivity index (χ0v) is 19.3. The molecule has 1 aromatic heterocycles. The molecule has 2 aromatic carbocycles. The first-order valence-corrected chi connectivity index (χ1v) is 11.0. The van der Waals surface area contributed by atoms with E-state index in [0.29, 0.717) is 0 Å². The summed E-state index contributed by atoms with van der Waals surface area (Å²) in [7, 11) is 1.22. The molecule has 1 fully saturated rings. The fourth-order valence-corrected chi connectivity index (χ4v) is 3.89. The molecule has 36 heavy (non-hydrogen) atoms. The van der Waals surface area contributed by atoms with E-state index in [2.05, 4.69) is 0 Å². The van der Waals surface area contributed by atoms with Gasteiger partial charge >= 0.3 is 11.7 Å². The number of benzene rings is 2. The third kappa shape index (κ3) is 4.58. The predicted octanol–water partition coefficient (Wildman–Crippen LogP) is 0.871. The number of ketones is 1. The molecule has 11 heteroatoms. The summed E-state index contributed by atoms with van der Waals surface area (Å²) in [6.07, 6.45) is 0.176. The number of Topliss-reactive ketones (excluding diaryl/α,β-unsaturated/α-hetero) is 1. The molecule has 4 rings (SSSR count). The Morgan fingerprint density at radius 1 is 0.944 bits per heavy atom. The van der Waals surface area contributed by atoms with Crippen LogP contribution in [0.1, 0.15) is 39.1 Å². The largest absolute Gasteiger partial charge is 0.454 e. The molecular weight excluding hydrogens is 468 g/mol. The highest BCUT2D eigenvalue weighted by molar-refractivity contribution is 6.20. The molecule has 2 heterocycles. The minimum absolute atomic E-state index is 0.00252. The molecule has 184 valence electrons. The molecular formula is C25H22N4O7. The molecule has 0 aliphatic carbocycles. The number of ether oxygens (including phenoxy) is 1. The van der Waals surface area contributed by atoms with Crippen LogP contribution in [0.5, 0.6) is 0 Å². The van der Waals surface area contributed by atoms with Gasteiger partial charge in [0.2, 0.25) is 17.6 Å². The molecule has 1 aliphatic heterocycles. The molecule has 0 radical (unpaired) electrons. The van der Waals surface area contributed by atoms with Gasteiger partial charge < -0.3 is 10.5 Å². The molecule has 2 N–H and O–H groups in total. The van der Waals surface area contributed by atoms with E-state index in [1.807, 2.05) is 0 Å². The quantitative estimate of drug-likeness (QED) is 0.291. The van der Waals surface area contributed by atoms with Gasteiger partial charge in [-0.3, -0.25) is 33.2 Å². The Labute approximate surface area is 204 Å². The first kappa shape index (κ1) is 24.3. The van der Waals surface area contributed by atoms with E-state index in [0.717, 1.165) is 19.6 Å². The lowest BCUT2D eigenvalue weighted by molar-refractivity contribution is -0.121. The highest BCUT2D eigenvalue weighted by Crippen LogP contribution is 2.23. The van der Waals surface area contributed by atoms with Crippen molar-refractivity contribution in [1.29, 1.82) is 0 Å². The molecule has 0 unspecified atom stereocenters. The van der Waals surface area contributed by atoms with Crippen LogP contribution in [0.25, 0.3) is 0 Å². The standard InChI is InChI=1S/C25H22N4O7/c1-27-23(33)21(22(26)28(25(27)35)13-15-6-3-2-4-7-15)18(30)14-36-24(34)16-8-5-9-17(12-16)29-19(31)10-11-20(29)32/h2-9,12H,10-11,13-14,26H2,1H3. The minimum Gasteiger partial charge on any atom is -0.454 e. The molecule has 0 atom stereocenters. The number of nitrogen functional groups attached to an aromatic ring is 1. The highest BCUT2D eigenvalue weighted by Gasteiger charge is 2.31. The Kier molecular flexibility index (Phi) is 6.64. The highest BCUT2D eigenvalue weighted by atomic mass is 16.5. The van der Waals surface area contributed by atoms with Gasteiger partial charge in [-0.1, -0.05) is 36.4 Å². The topological polar surface area (TPSA) is 151 Å². The summed E-state index contributed by atoms with van der Waals surface area (Å²) in [5, 5.41) is 0. The van der Waals surface area contributed by atoms with E-state index in [1.54, 1.807) is 30.3 Å². The van der Waals surface area contributed by atoms with Crippen molar-refractivity contribution < 1.29 is 23.9 Å². The summed E-state index contributed by atoms with van der Waals surface area (Å²) in [6, 6.07) is 14.5. The zero-order chi connectivity index (χ0) is 26.0. The SMILES string of the molecule is Cn1c(=O)c(C(=O)COC(=O)c2cccc(N3C(=O)CCC3=O)c2)c(N)n(Cc2ccccc2)c1=O. The van der Waals surface area contributed by atoms with Crippen LogP contribution < -0.4 is 21.9 Å². The lowest BCUT2D eigenvalue weighted by Crippen LogP contribution is -2.43. The van der Waals surface area contributed by atoms with Gasteiger partial charge in [0, 0.05) is 19.9 Å². The van der Waals surface area contributed by atoms with Gasteiger partial charge in [-0.15, -0.1) is 0 Å². The Morgan fingerprint density at radius 2 is 1.61 bits per heavy atom. The summed E-state index contributed by atoms with van der Waals surface area (Å²) >= 11 is 0. The summed E-state index contributed by atoms with van der Waals surface area (Å²) < 4.78 is 6.95. The molecule has 1 aliphatic rings. The van der Waals surface area contributed by atoms with Gasteiger partial charge in [-0.2, -0.15) is 0 Å². The number of hydrogen-bond acceptors (Lipinski definition) is 8. The molecule has 1 saturated heterocycles. The molecule has 0 saturated carbocycles. The van der Waals surface area contributed by atoms with E-state index >= 15 is 0 Å². The number of amides is 2. The average molecular weight is 490 g/mol. The van der Waals surface area contributed by atoms with Crippen molar-refractivity contribution in [2.75, 3.05) is 17.2 Å². The van der Waals surface area contributed by atoms with Crippen molar-refractivity contribution in [1.82, 2.24) is 9.13 Å². The smallest absolute Gasteiger partial charge is 0.338 e. The fraction of sp³-hybridized carbons (Fsp3) is 0.200. The van der Waals surface area contributed by atoms with Crippen molar-refractivity contribution in [2.24, 2.45) is 7.05 Å². The molecule has 0 spiro atoms. The van der Waals surface area contributed by atoms with Gasteiger partial charge in [0.05, 0.1) is 17.8 Å². The Balaban J connectivity index is 1.55. The number of carbonyl (C=O) groups excluding carboxylic acids is 4. The third-order valence-corrected chi connectivity index (χ3v) is 5.77. The normalized spacial score (nSPS) is 13.2. The van der Waals surface area contributed by atoms with Gasteiger partial charge in [-0.05, 0) is 23.8 Å². The molecule has 0 bridgehead atoms. The van der Waals surface area contributed by atoms with Gasteiger partial charge in [0.25, 0.3) is 5.56 Å². The van der Waals surface area contributed by atoms with Crippen LogP contribution in [0.15, 0.2) is 64.2 Å².